The molecule has 0 fully saturated rings. The third kappa shape index (κ3) is 5.42. The maximum absolute atomic E-state index is 6.23. The van der Waals surface area contributed by atoms with Gasteiger partial charge >= 0.3 is 0 Å². The normalized spacial score (nSPS) is 12.5. The van der Waals surface area contributed by atoms with E-state index >= 15 is 0 Å². The van der Waals surface area contributed by atoms with Gasteiger partial charge in [-0.25, -0.2) is 0 Å². The summed E-state index contributed by atoms with van der Waals surface area (Å²) in [5, 5.41) is 7.39. The monoisotopic (exact) mass is 447 g/mol. The summed E-state index contributed by atoms with van der Waals surface area (Å²) in [6, 6.07) is 9.91. The molecule has 1 unspecified atom stereocenters. The van der Waals surface area contributed by atoms with Gasteiger partial charge in [-0.05, 0) is 38.5 Å². The van der Waals surface area contributed by atoms with Crippen LogP contribution in [0.15, 0.2) is 39.7 Å². The fourth-order valence-electron chi connectivity index (χ4n) is 2.34. The molecule has 0 radical (unpaired) electrons. The second kappa shape index (κ2) is 9.17. The summed E-state index contributed by atoms with van der Waals surface area (Å²) in [7, 11) is 1.75. The molecule has 0 amide bonds. The van der Waals surface area contributed by atoms with Crippen molar-refractivity contribution in [2.24, 2.45) is 4.99 Å². The minimum absolute atomic E-state index is 0. The van der Waals surface area contributed by atoms with E-state index in [1.165, 1.54) is 0 Å². The summed E-state index contributed by atoms with van der Waals surface area (Å²) in [6.07, 6.45) is 0. The molecule has 2 N–H and O–H groups in total. The summed E-state index contributed by atoms with van der Waals surface area (Å²) in [5.74, 6) is 2.58. The van der Waals surface area contributed by atoms with E-state index in [9.17, 15) is 0 Å². The Labute approximate surface area is 159 Å². The molecule has 0 saturated carbocycles. The Morgan fingerprint density at radius 3 is 2.57 bits per heavy atom. The molecule has 2 rings (SSSR count). The van der Waals surface area contributed by atoms with E-state index in [-0.39, 0.29) is 30.0 Å². The van der Waals surface area contributed by atoms with E-state index in [1.807, 2.05) is 44.2 Å². The molecule has 0 aliphatic rings. The maximum atomic E-state index is 6.23. The Balaban J connectivity index is 0.00000264. The van der Waals surface area contributed by atoms with Gasteiger partial charge in [-0.15, -0.1) is 24.0 Å². The molecule has 0 spiro atoms. The summed E-state index contributed by atoms with van der Waals surface area (Å²) in [4.78, 5) is 4.26. The first kappa shape index (κ1) is 19.8. The Kier molecular flexibility index (Phi) is 7.91. The first-order chi connectivity index (χ1) is 10.5. The molecule has 1 heterocycles. The average Bonchev–Trinajstić information content (AvgIpc) is 2.81. The van der Waals surface area contributed by atoms with Crippen molar-refractivity contribution in [1.29, 1.82) is 0 Å². The van der Waals surface area contributed by atoms with Gasteiger partial charge in [-0.2, -0.15) is 0 Å². The van der Waals surface area contributed by atoms with Crippen molar-refractivity contribution in [3.05, 3.63) is 58.0 Å². The first-order valence-electron chi connectivity index (χ1n) is 7.28. The molecule has 6 heteroatoms. The van der Waals surface area contributed by atoms with Gasteiger partial charge in [0.1, 0.15) is 11.5 Å². The van der Waals surface area contributed by atoms with Crippen molar-refractivity contribution < 1.29 is 4.42 Å². The van der Waals surface area contributed by atoms with Crippen LogP contribution in [0.4, 0.5) is 0 Å². The van der Waals surface area contributed by atoms with E-state index in [2.05, 4.69) is 22.5 Å². The second-order valence-corrected chi connectivity index (χ2v) is 5.66. The highest BCUT2D eigenvalue weighted by atomic mass is 127. The molecule has 0 saturated heterocycles. The Morgan fingerprint density at radius 2 is 2.00 bits per heavy atom. The van der Waals surface area contributed by atoms with Crippen LogP contribution in [0.5, 0.6) is 0 Å². The number of aliphatic imine (C=N–C) groups is 1. The number of aryl methyl sites for hydroxylation is 2. The number of hydrogen-bond donors (Lipinski definition) is 2. The molecule has 1 atom stereocenters. The molecule has 23 heavy (non-hydrogen) atoms. The van der Waals surface area contributed by atoms with Gasteiger partial charge in [-0.1, -0.05) is 29.8 Å². The summed E-state index contributed by atoms with van der Waals surface area (Å²) >= 11 is 6.23. The largest absolute Gasteiger partial charge is 0.466 e. The Hall–Kier alpha value is -1.21. The number of benzene rings is 1. The van der Waals surface area contributed by atoms with Crippen LogP contribution in [0, 0.1) is 13.8 Å². The van der Waals surface area contributed by atoms with Gasteiger partial charge in [-0.3, -0.25) is 4.99 Å². The fraction of sp³-hybridized carbons (Fsp3) is 0.353. The lowest BCUT2D eigenvalue weighted by molar-refractivity contribution is 0.500. The smallest absolute Gasteiger partial charge is 0.191 e. The van der Waals surface area contributed by atoms with Crippen molar-refractivity contribution in [2.45, 2.75) is 33.4 Å². The molecule has 126 valence electrons. The van der Waals surface area contributed by atoms with Gasteiger partial charge in [0.15, 0.2) is 5.96 Å². The van der Waals surface area contributed by atoms with Gasteiger partial charge in [0.2, 0.25) is 0 Å². The van der Waals surface area contributed by atoms with E-state index < -0.39 is 0 Å². The van der Waals surface area contributed by atoms with Crippen molar-refractivity contribution in [2.75, 3.05) is 7.05 Å². The van der Waals surface area contributed by atoms with Crippen LogP contribution in [0.2, 0.25) is 5.02 Å². The van der Waals surface area contributed by atoms with Crippen LogP contribution in [-0.4, -0.2) is 13.0 Å². The van der Waals surface area contributed by atoms with Crippen molar-refractivity contribution >= 4 is 41.5 Å². The second-order valence-electron chi connectivity index (χ2n) is 5.25. The van der Waals surface area contributed by atoms with Crippen LogP contribution < -0.4 is 10.6 Å². The maximum Gasteiger partial charge on any atom is 0.191 e. The minimum Gasteiger partial charge on any atom is -0.466 e. The lowest BCUT2D eigenvalue weighted by Crippen LogP contribution is -2.38. The molecule has 0 aliphatic carbocycles. The standard InChI is InChI=1S/C17H22ClN3O.HI/c1-11-9-14(13(3)22-11)10-20-17(19-4)21-12(2)15-7-5-6-8-16(15)18;/h5-9,12H,10H2,1-4H3,(H2,19,20,21);1H. The zero-order valence-corrected chi connectivity index (χ0v) is 16.9. The zero-order chi connectivity index (χ0) is 16.1. The molecular formula is C17H23ClIN3O. The molecule has 1 aromatic carbocycles. The van der Waals surface area contributed by atoms with E-state index in [0.717, 1.165) is 33.6 Å². The quantitative estimate of drug-likeness (QED) is 0.409. The molecule has 2 aromatic rings. The number of rotatable bonds is 4. The van der Waals surface area contributed by atoms with Crippen molar-refractivity contribution in [3.63, 3.8) is 0 Å². The number of guanidine groups is 1. The molecular weight excluding hydrogens is 425 g/mol. The predicted octanol–water partition coefficient (Wildman–Crippen LogP) is 4.59. The van der Waals surface area contributed by atoms with Crippen LogP contribution in [0.1, 0.15) is 35.6 Å². The highest BCUT2D eigenvalue weighted by Gasteiger charge is 2.11. The van der Waals surface area contributed by atoms with Gasteiger partial charge in [0, 0.05) is 24.2 Å². The van der Waals surface area contributed by atoms with Gasteiger partial charge in [0.25, 0.3) is 0 Å². The lowest BCUT2D eigenvalue weighted by atomic mass is 10.1. The Morgan fingerprint density at radius 1 is 1.30 bits per heavy atom. The third-order valence-electron chi connectivity index (χ3n) is 3.54. The lowest BCUT2D eigenvalue weighted by Gasteiger charge is -2.19. The molecule has 4 nitrogen and oxygen atoms in total. The average molecular weight is 448 g/mol. The highest BCUT2D eigenvalue weighted by molar-refractivity contribution is 14.0. The van der Waals surface area contributed by atoms with Crippen molar-refractivity contribution in [1.82, 2.24) is 10.6 Å². The number of nitrogens with one attached hydrogen (secondary N) is 2. The first-order valence-corrected chi connectivity index (χ1v) is 7.66. The molecule has 0 aliphatic heterocycles. The summed E-state index contributed by atoms with van der Waals surface area (Å²) in [5.41, 5.74) is 2.17. The van der Waals surface area contributed by atoms with Crippen LogP contribution in [-0.2, 0) is 6.54 Å². The summed E-state index contributed by atoms with van der Waals surface area (Å²) in [6.45, 7) is 6.63. The highest BCUT2D eigenvalue weighted by Crippen LogP contribution is 2.22. The van der Waals surface area contributed by atoms with Crippen LogP contribution in [0.25, 0.3) is 0 Å². The molecule has 0 bridgehead atoms. The van der Waals surface area contributed by atoms with Crippen LogP contribution in [0.3, 0.4) is 0 Å². The van der Waals surface area contributed by atoms with E-state index in [0.29, 0.717) is 6.54 Å². The van der Waals surface area contributed by atoms with E-state index in [1.54, 1.807) is 7.05 Å². The molecule has 1 aromatic heterocycles. The fourth-order valence-corrected chi connectivity index (χ4v) is 2.64. The minimum atomic E-state index is 0. The third-order valence-corrected chi connectivity index (χ3v) is 3.88. The number of nitrogens with zero attached hydrogens (tertiary/aromatic N) is 1. The SMILES string of the molecule is CN=C(NCc1cc(C)oc1C)NC(C)c1ccccc1Cl.I. The number of furan rings is 1. The Bertz CT molecular complexity index is 670. The predicted molar refractivity (Wildman–Crippen MR) is 107 cm³/mol. The van der Waals surface area contributed by atoms with Gasteiger partial charge in [0.05, 0.1) is 6.04 Å². The zero-order valence-electron chi connectivity index (χ0n) is 13.8. The number of halogens is 2. The van der Waals surface area contributed by atoms with Gasteiger partial charge < -0.3 is 15.1 Å². The van der Waals surface area contributed by atoms with Crippen molar-refractivity contribution in [3.8, 4) is 0 Å². The topological polar surface area (TPSA) is 49.6 Å². The van der Waals surface area contributed by atoms with Crippen LogP contribution >= 0.6 is 35.6 Å². The van der Waals surface area contributed by atoms with E-state index in [4.69, 9.17) is 16.0 Å². The number of hydrogen-bond acceptors (Lipinski definition) is 2. The summed E-state index contributed by atoms with van der Waals surface area (Å²) < 4.78 is 5.53.